The van der Waals surface area contributed by atoms with Crippen molar-refractivity contribution in [1.29, 1.82) is 0 Å². The van der Waals surface area contributed by atoms with E-state index in [4.69, 9.17) is 20.9 Å². The van der Waals surface area contributed by atoms with Crippen LogP contribution in [-0.4, -0.2) is 71.0 Å². The Labute approximate surface area is 181 Å². The molecule has 2 aromatic heterocycles. The lowest BCUT2D eigenvalue weighted by molar-refractivity contribution is -0.114. The van der Waals surface area contributed by atoms with E-state index in [1.807, 2.05) is 13.0 Å². The van der Waals surface area contributed by atoms with Gasteiger partial charge in [-0.05, 0) is 38.3 Å². The second kappa shape index (κ2) is 8.18. The number of aromatic nitrogens is 3. The molecule has 0 bridgehead atoms. The molecule has 1 atom stereocenters. The number of nitrogens with two attached hydrogens (primary N) is 2. The number of aliphatic imine (C=N–C) groups is 1. The van der Waals surface area contributed by atoms with Gasteiger partial charge in [0.25, 0.3) is 11.8 Å². The number of hydrogen-bond acceptors (Lipinski definition) is 8. The Balaban J connectivity index is 1.61. The number of carbonyl (C=O) groups excluding carboxylic acids is 1. The number of H-pyrrole nitrogens is 1. The standard InChI is InChI=1S/C21H30N8O2/c1-13(21(2)4-5-21)25-17(15(11-22)18(23)30)16-10-14(12-24-16)19-26-27-20(31-19)29-8-6-28(3)7-9-29/h10-13,24H,4-9,22H2,1-3H3,(H2,23,30)/t13-/m1/s1. The highest BCUT2D eigenvalue weighted by molar-refractivity contribution is 6.27. The summed E-state index contributed by atoms with van der Waals surface area (Å²) < 4.78 is 5.91. The van der Waals surface area contributed by atoms with Crippen molar-refractivity contribution < 1.29 is 9.21 Å². The molecule has 0 aromatic carbocycles. The number of carbonyl (C=O) groups is 1. The molecule has 3 heterocycles. The Morgan fingerprint density at radius 2 is 2.03 bits per heavy atom. The number of nitrogens with zero attached hydrogens (tertiary/aromatic N) is 5. The molecule has 1 amide bonds. The van der Waals surface area contributed by atoms with E-state index in [0.29, 0.717) is 28.9 Å². The third kappa shape index (κ3) is 4.34. The molecule has 1 aliphatic heterocycles. The van der Waals surface area contributed by atoms with Gasteiger partial charge < -0.3 is 30.7 Å². The van der Waals surface area contributed by atoms with Crippen LogP contribution in [-0.2, 0) is 4.79 Å². The highest BCUT2D eigenvalue weighted by Gasteiger charge is 2.43. The fourth-order valence-electron chi connectivity index (χ4n) is 3.64. The molecule has 31 heavy (non-hydrogen) atoms. The molecule has 0 spiro atoms. The lowest BCUT2D eigenvalue weighted by atomic mass is 10.00. The predicted molar refractivity (Wildman–Crippen MR) is 119 cm³/mol. The summed E-state index contributed by atoms with van der Waals surface area (Å²) in [6, 6.07) is 2.36. The number of piperazine rings is 1. The van der Waals surface area contributed by atoms with Gasteiger partial charge in [0.05, 0.1) is 28.6 Å². The van der Waals surface area contributed by atoms with Crippen LogP contribution < -0.4 is 16.4 Å². The predicted octanol–water partition coefficient (Wildman–Crippen LogP) is 1.12. The molecular formula is C21H30N8O2. The van der Waals surface area contributed by atoms with Gasteiger partial charge in [0.15, 0.2) is 0 Å². The number of primary amides is 1. The van der Waals surface area contributed by atoms with E-state index >= 15 is 0 Å². The van der Waals surface area contributed by atoms with E-state index < -0.39 is 5.91 Å². The summed E-state index contributed by atoms with van der Waals surface area (Å²) in [4.78, 5) is 24.3. The van der Waals surface area contributed by atoms with Gasteiger partial charge in [0.2, 0.25) is 0 Å². The first-order valence-corrected chi connectivity index (χ1v) is 10.6. The summed E-state index contributed by atoms with van der Waals surface area (Å²) >= 11 is 0. The van der Waals surface area contributed by atoms with Crippen molar-refractivity contribution in [1.82, 2.24) is 20.1 Å². The molecule has 1 aliphatic carbocycles. The Bertz CT molecular complexity index is 1010. The largest absolute Gasteiger partial charge is 0.404 e. The SMILES string of the molecule is C[C@@H](N=C(C(=CN)C(N)=O)c1cc(-c2nnc(N3CCN(C)CC3)o2)c[nH]1)C1(C)CC1. The van der Waals surface area contributed by atoms with E-state index in [-0.39, 0.29) is 17.0 Å². The van der Waals surface area contributed by atoms with Gasteiger partial charge in [-0.3, -0.25) is 9.79 Å². The second-order valence-corrected chi connectivity index (χ2v) is 8.73. The topological polar surface area (TPSA) is 143 Å². The summed E-state index contributed by atoms with van der Waals surface area (Å²) in [6.07, 6.45) is 5.18. The minimum Gasteiger partial charge on any atom is -0.404 e. The number of rotatable bonds is 7. The van der Waals surface area contributed by atoms with E-state index in [0.717, 1.165) is 39.0 Å². The van der Waals surface area contributed by atoms with Gasteiger partial charge in [-0.1, -0.05) is 12.0 Å². The quantitative estimate of drug-likeness (QED) is 0.445. The molecule has 0 radical (unpaired) electrons. The van der Waals surface area contributed by atoms with E-state index in [1.165, 1.54) is 6.20 Å². The van der Waals surface area contributed by atoms with Crippen LogP contribution in [0, 0.1) is 5.41 Å². The van der Waals surface area contributed by atoms with Crippen LogP contribution in [0.25, 0.3) is 11.5 Å². The van der Waals surface area contributed by atoms with E-state index in [2.05, 4.69) is 39.0 Å². The number of aromatic amines is 1. The van der Waals surface area contributed by atoms with Crippen LogP contribution in [0.5, 0.6) is 0 Å². The fraction of sp³-hybridized carbons (Fsp3) is 0.524. The number of anilines is 1. The minimum absolute atomic E-state index is 0.0239. The average Bonchev–Trinajstić information content (AvgIpc) is 3.14. The number of amides is 1. The number of likely N-dealkylation sites (N-methyl/N-ethyl adjacent to an activating group) is 1. The highest BCUT2D eigenvalue weighted by Crippen LogP contribution is 2.49. The van der Waals surface area contributed by atoms with Gasteiger partial charge in [-0.25, -0.2) is 0 Å². The number of nitrogens with one attached hydrogen (secondary N) is 1. The van der Waals surface area contributed by atoms with Crippen LogP contribution in [0.3, 0.4) is 0 Å². The van der Waals surface area contributed by atoms with Crippen LogP contribution in [0.4, 0.5) is 6.01 Å². The van der Waals surface area contributed by atoms with Crippen LogP contribution in [0.1, 0.15) is 32.4 Å². The molecule has 0 unspecified atom stereocenters. The number of hydrogen-bond donors (Lipinski definition) is 3. The van der Waals surface area contributed by atoms with E-state index in [9.17, 15) is 4.79 Å². The first-order chi connectivity index (χ1) is 14.8. The summed E-state index contributed by atoms with van der Waals surface area (Å²) in [6.45, 7) is 7.81. The monoisotopic (exact) mass is 426 g/mol. The van der Waals surface area contributed by atoms with Crippen LogP contribution in [0.15, 0.2) is 33.4 Å². The summed E-state index contributed by atoms with van der Waals surface area (Å²) in [5.74, 6) is -0.226. The van der Waals surface area contributed by atoms with E-state index in [1.54, 1.807) is 6.20 Å². The van der Waals surface area contributed by atoms with Gasteiger partial charge >= 0.3 is 6.01 Å². The third-order valence-electron chi connectivity index (χ3n) is 6.43. The lowest BCUT2D eigenvalue weighted by Crippen LogP contribution is -2.44. The molecule has 10 heteroatoms. The second-order valence-electron chi connectivity index (χ2n) is 8.73. The average molecular weight is 427 g/mol. The summed E-state index contributed by atoms with van der Waals surface area (Å²) in [5, 5.41) is 8.41. The third-order valence-corrected chi connectivity index (χ3v) is 6.43. The molecule has 2 aromatic rings. The maximum Gasteiger partial charge on any atom is 0.318 e. The first-order valence-electron chi connectivity index (χ1n) is 10.6. The minimum atomic E-state index is -0.624. The van der Waals surface area contributed by atoms with Gasteiger partial charge in [-0.2, -0.15) is 0 Å². The smallest absolute Gasteiger partial charge is 0.318 e. The maximum atomic E-state index is 12.0. The van der Waals surface area contributed by atoms with Crippen molar-refractivity contribution in [3.8, 4) is 11.5 Å². The molecule has 1 saturated heterocycles. The molecule has 1 saturated carbocycles. The Hall–Kier alpha value is -3.14. The van der Waals surface area contributed by atoms with Crippen molar-refractivity contribution in [2.24, 2.45) is 21.9 Å². The van der Waals surface area contributed by atoms with Crippen LogP contribution in [0.2, 0.25) is 0 Å². The molecular weight excluding hydrogens is 396 g/mol. The van der Waals surface area contributed by atoms with Crippen molar-refractivity contribution in [3.63, 3.8) is 0 Å². The zero-order valence-corrected chi connectivity index (χ0v) is 18.3. The zero-order chi connectivity index (χ0) is 22.2. The maximum absolute atomic E-state index is 12.0. The zero-order valence-electron chi connectivity index (χ0n) is 18.3. The van der Waals surface area contributed by atoms with Crippen molar-refractivity contribution in [2.45, 2.75) is 32.7 Å². The molecule has 166 valence electrons. The normalized spacial score (nSPS) is 20.7. The molecule has 2 aliphatic rings. The molecule has 10 nitrogen and oxygen atoms in total. The van der Waals surface area contributed by atoms with Crippen molar-refractivity contribution >= 4 is 17.6 Å². The fourth-order valence-corrected chi connectivity index (χ4v) is 3.64. The lowest BCUT2D eigenvalue weighted by Gasteiger charge is -2.30. The summed E-state index contributed by atoms with van der Waals surface area (Å²) in [7, 11) is 2.09. The molecule has 5 N–H and O–H groups in total. The Morgan fingerprint density at radius 1 is 1.32 bits per heavy atom. The van der Waals surface area contributed by atoms with Crippen LogP contribution >= 0.6 is 0 Å². The van der Waals surface area contributed by atoms with Gasteiger partial charge in [0, 0.05) is 38.6 Å². The van der Waals surface area contributed by atoms with Crippen molar-refractivity contribution in [3.05, 3.63) is 29.7 Å². The summed E-state index contributed by atoms with van der Waals surface area (Å²) in [5.41, 5.74) is 13.4. The molecule has 2 fully saturated rings. The van der Waals surface area contributed by atoms with Crippen molar-refractivity contribution in [2.75, 3.05) is 38.1 Å². The van der Waals surface area contributed by atoms with Gasteiger partial charge in [0.1, 0.15) is 0 Å². The molecule has 4 rings (SSSR count). The van der Waals surface area contributed by atoms with Gasteiger partial charge in [-0.15, -0.1) is 5.10 Å². The first kappa shape index (κ1) is 21.1. The Morgan fingerprint density at radius 3 is 2.65 bits per heavy atom. The Kier molecular flexibility index (Phi) is 5.57. The highest BCUT2D eigenvalue weighted by atomic mass is 16.4.